The van der Waals surface area contributed by atoms with Crippen LogP contribution in [-0.2, 0) is 6.54 Å². The molecule has 3 nitrogen and oxygen atoms in total. The quantitative estimate of drug-likeness (QED) is 0.738. The molecule has 0 bridgehead atoms. The third-order valence-electron chi connectivity index (χ3n) is 3.15. The highest BCUT2D eigenvalue weighted by Gasteiger charge is 2.13. The van der Waals surface area contributed by atoms with Crippen LogP contribution in [-0.4, -0.2) is 10.9 Å². The van der Waals surface area contributed by atoms with E-state index in [1.165, 1.54) is 0 Å². The van der Waals surface area contributed by atoms with Crippen LogP contribution in [0.25, 0.3) is 9.88 Å². The number of nitrogens with one attached hydrogen (secondary N) is 1. The van der Waals surface area contributed by atoms with E-state index >= 15 is 0 Å². The number of thiazole rings is 1. The van der Waals surface area contributed by atoms with Gasteiger partial charge in [0.25, 0.3) is 5.91 Å². The van der Waals surface area contributed by atoms with Crippen LogP contribution in [0, 0.1) is 6.92 Å². The highest BCUT2D eigenvalue weighted by atomic mass is 35.5. The number of hydrogen-bond acceptors (Lipinski definition) is 4. The first-order chi connectivity index (χ1) is 10.6. The fourth-order valence-corrected chi connectivity index (χ4v) is 4.02. The van der Waals surface area contributed by atoms with Gasteiger partial charge in [-0.1, -0.05) is 29.8 Å². The smallest absolute Gasteiger partial charge is 0.253 e. The summed E-state index contributed by atoms with van der Waals surface area (Å²) in [4.78, 5) is 19.0. The SMILES string of the molecule is Cc1nc(-c2cccs2)sc1CNC(=O)c1ccccc1Cl. The number of halogens is 1. The summed E-state index contributed by atoms with van der Waals surface area (Å²) in [6.45, 7) is 2.42. The number of thiophene rings is 1. The van der Waals surface area contributed by atoms with Crippen LogP contribution >= 0.6 is 34.3 Å². The molecule has 112 valence electrons. The van der Waals surface area contributed by atoms with Crippen molar-refractivity contribution in [2.75, 3.05) is 0 Å². The van der Waals surface area contributed by atoms with Gasteiger partial charge in [-0.3, -0.25) is 4.79 Å². The number of hydrogen-bond donors (Lipinski definition) is 1. The molecular formula is C16H13ClN2OS2. The van der Waals surface area contributed by atoms with E-state index in [0.29, 0.717) is 17.1 Å². The zero-order valence-electron chi connectivity index (χ0n) is 11.8. The van der Waals surface area contributed by atoms with Crippen LogP contribution in [0.5, 0.6) is 0 Å². The number of amides is 1. The lowest BCUT2D eigenvalue weighted by Crippen LogP contribution is -2.22. The Kier molecular flexibility index (Phi) is 4.57. The second kappa shape index (κ2) is 6.60. The van der Waals surface area contributed by atoms with Crippen molar-refractivity contribution in [1.29, 1.82) is 0 Å². The van der Waals surface area contributed by atoms with Crippen LogP contribution in [0.2, 0.25) is 5.02 Å². The molecule has 0 unspecified atom stereocenters. The number of carbonyl (C=O) groups excluding carboxylic acids is 1. The standard InChI is InChI=1S/C16H13ClN2OS2/c1-10-14(22-16(19-10)13-7-4-8-21-13)9-18-15(20)11-5-2-3-6-12(11)17/h2-8H,9H2,1H3,(H,18,20). The molecule has 6 heteroatoms. The highest BCUT2D eigenvalue weighted by Crippen LogP contribution is 2.31. The van der Waals surface area contributed by atoms with Gasteiger partial charge < -0.3 is 5.32 Å². The van der Waals surface area contributed by atoms with E-state index in [1.807, 2.05) is 18.4 Å². The van der Waals surface area contributed by atoms with Crippen LogP contribution in [0.1, 0.15) is 20.9 Å². The van der Waals surface area contributed by atoms with Gasteiger partial charge in [-0.25, -0.2) is 4.98 Å². The van der Waals surface area contributed by atoms with Crippen molar-refractivity contribution >= 4 is 40.2 Å². The zero-order valence-corrected chi connectivity index (χ0v) is 14.2. The van der Waals surface area contributed by atoms with Gasteiger partial charge in [0.15, 0.2) is 0 Å². The number of aryl methyl sites for hydroxylation is 1. The van der Waals surface area contributed by atoms with Crippen molar-refractivity contribution < 1.29 is 4.79 Å². The maximum atomic E-state index is 12.2. The Bertz CT molecular complexity index is 796. The minimum absolute atomic E-state index is 0.170. The number of nitrogens with zero attached hydrogens (tertiary/aromatic N) is 1. The lowest BCUT2D eigenvalue weighted by Gasteiger charge is -2.05. The molecule has 0 atom stereocenters. The molecule has 0 aliphatic rings. The third-order valence-corrected chi connectivity index (χ3v) is 5.68. The van der Waals surface area contributed by atoms with E-state index in [4.69, 9.17) is 11.6 Å². The van der Waals surface area contributed by atoms with E-state index in [1.54, 1.807) is 46.9 Å². The topological polar surface area (TPSA) is 42.0 Å². The molecule has 0 saturated heterocycles. The summed E-state index contributed by atoms with van der Waals surface area (Å²) in [5.74, 6) is -0.170. The van der Waals surface area contributed by atoms with Crippen LogP contribution in [0.3, 0.4) is 0 Å². The Hall–Kier alpha value is -1.69. The van der Waals surface area contributed by atoms with Gasteiger partial charge in [0.05, 0.1) is 27.7 Å². The fraction of sp³-hybridized carbons (Fsp3) is 0.125. The van der Waals surface area contributed by atoms with Gasteiger partial charge in [-0.15, -0.1) is 22.7 Å². The molecule has 0 aliphatic carbocycles. The molecule has 0 aliphatic heterocycles. The molecule has 1 N–H and O–H groups in total. The maximum absolute atomic E-state index is 12.2. The van der Waals surface area contributed by atoms with Crippen LogP contribution < -0.4 is 5.32 Å². The van der Waals surface area contributed by atoms with Gasteiger partial charge in [0.1, 0.15) is 5.01 Å². The molecule has 0 fully saturated rings. The van der Waals surface area contributed by atoms with Gasteiger partial charge in [0, 0.05) is 4.88 Å². The van der Waals surface area contributed by atoms with Gasteiger partial charge in [-0.05, 0) is 30.5 Å². The molecule has 1 amide bonds. The van der Waals surface area contributed by atoms with Crippen molar-refractivity contribution in [3.05, 3.63) is 62.9 Å². The molecule has 0 radical (unpaired) electrons. The summed E-state index contributed by atoms with van der Waals surface area (Å²) in [6.07, 6.45) is 0. The van der Waals surface area contributed by atoms with Gasteiger partial charge >= 0.3 is 0 Å². The van der Waals surface area contributed by atoms with E-state index in [2.05, 4.69) is 16.4 Å². The number of benzene rings is 1. The van der Waals surface area contributed by atoms with Gasteiger partial charge in [0.2, 0.25) is 0 Å². The predicted molar refractivity (Wildman–Crippen MR) is 92.8 cm³/mol. The molecule has 2 aromatic heterocycles. The number of aromatic nitrogens is 1. The van der Waals surface area contributed by atoms with E-state index < -0.39 is 0 Å². The summed E-state index contributed by atoms with van der Waals surface area (Å²) in [7, 11) is 0. The third kappa shape index (κ3) is 3.21. The van der Waals surface area contributed by atoms with Gasteiger partial charge in [-0.2, -0.15) is 0 Å². The average molecular weight is 349 g/mol. The van der Waals surface area contributed by atoms with Crippen molar-refractivity contribution in [2.24, 2.45) is 0 Å². The lowest BCUT2D eigenvalue weighted by molar-refractivity contribution is 0.0951. The van der Waals surface area contributed by atoms with Crippen LogP contribution in [0.4, 0.5) is 0 Å². The highest BCUT2D eigenvalue weighted by molar-refractivity contribution is 7.21. The minimum Gasteiger partial charge on any atom is -0.347 e. The van der Waals surface area contributed by atoms with Crippen molar-refractivity contribution in [2.45, 2.75) is 13.5 Å². The number of carbonyl (C=O) groups is 1. The minimum atomic E-state index is -0.170. The molecule has 3 aromatic rings. The first kappa shape index (κ1) is 15.2. The molecule has 1 aromatic carbocycles. The number of rotatable bonds is 4. The largest absolute Gasteiger partial charge is 0.347 e. The monoisotopic (exact) mass is 348 g/mol. The van der Waals surface area contributed by atoms with E-state index in [-0.39, 0.29) is 5.91 Å². The van der Waals surface area contributed by atoms with E-state index in [0.717, 1.165) is 20.5 Å². The summed E-state index contributed by atoms with van der Waals surface area (Å²) < 4.78 is 0. The molecule has 2 heterocycles. The second-order valence-corrected chi connectivity index (χ2v) is 7.11. The normalized spacial score (nSPS) is 10.6. The summed E-state index contributed by atoms with van der Waals surface area (Å²) in [6, 6.07) is 11.1. The average Bonchev–Trinajstić information content (AvgIpc) is 3.15. The molecule has 22 heavy (non-hydrogen) atoms. The Morgan fingerprint density at radius 2 is 2.09 bits per heavy atom. The molecule has 0 spiro atoms. The van der Waals surface area contributed by atoms with Crippen LogP contribution in [0.15, 0.2) is 41.8 Å². The summed E-state index contributed by atoms with van der Waals surface area (Å²) >= 11 is 9.31. The first-order valence-electron chi connectivity index (χ1n) is 6.68. The zero-order chi connectivity index (χ0) is 15.5. The maximum Gasteiger partial charge on any atom is 0.253 e. The van der Waals surface area contributed by atoms with Crippen molar-refractivity contribution in [3.63, 3.8) is 0 Å². The predicted octanol–water partition coefficient (Wildman–Crippen LogP) is 4.76. The lowest BCUT2D eigenvalue weighted by atomic mass is 10.2. The van der Waals surface area contributed by atoms with Crippen molar-refractivity contribution in [3.8, 4) is 9.88 Å². The Labute approximate surface area is 141 Å². The second-order valence-electron chi connectivity index (χ2n) is 4.67. The molecular weight excluding hydrogens is 336 g/mol. The Balaban J connectivity index is 1.72. The fourth-order valence-electron chi connectivity index (χ4n) is 2.00. The summed E-state index contributed by atoms with van der Waals surface area (Å²) in [5.41, 5.74) is 1.44. The van der Waals surface area contributed by atoms with E-state index in [9.17, 15) is 4.79 Å². The Morgan fingerprint density at radius 3 is 2.82 bits per heavy atom. The van der Waals surface area contributed by atoms with Crippen molar-refractivity contribution in [1.82, 2.24) is 10.3 Å². The summed E-state index contributed by atoms with van der Waals surface area (Å²) in [5, 5.41) is 6.39. The Morgan fingerprint density at radius 1 is 1.27 bits per heavy atom. The molecule has 0 saturated carbocycles. The molecule has 3 rings (SSSR count). The first-order valence-corrected chi connectivity index (χ1v) is 8.75.